The van der Waals surface area contributed by atoms with Crippen molar-refractivity contribution in [2.24, 2.45) is 5.73 Å². The zero-order chi connectivity index (χ0) is 24.6. The molecule has 7 nitrogen and oxygen atoms in total. The van der Waals surface area contributed by atoms with Crippen molar-refractivity contribution in [3.8, 4) is 11.5 Å². The number of primary amides is 1. The van der Waals surface area contributed by atoms with Gasteiger partial charge in [0, 0.05) is 36.8 Å². The number of nitrogens with one attached hydrogen (secondary N) is 1. The van der Waals surface area contributed by atoms with Gasteiger partial charge in [-0.25, -0.2) is 0 Å². The van der Waals surface area contributed by atoms with Gasteiger partial charge in [0.25, 0.3) is 11.8 Å². The minimum absolute atomic E-state index is 0.0902. The van der Waals surface area contributed by atoms with Gasteiger partial charge in [0.2, 0.25) is 0 Å². The fourth-order valence-corrected chi connectivity index (χ4v) is 4.34. The van der Waals surface area contributed by atoms with E-state index in [0.717, 1.165) is 43.8 Å². The normalized spacial score (nSPS) is 14.3. The van der Waals surface area contributed by atoms with Crippen LogP contribution in [0.1, 0.15) is 44.7 Å². The van der Waals surface area contributed by atoms with Crippen LogP contribution >= 0.6 is 0 Å². The van der Waals surface area contributed by atoms with Crippen LogP contribution in [0.25, 0.3) is 0 Å². The molecule has 35 heavy (non-hydrogen) atoms. The molecule has 0 bridgehead atoms. The molecule has 0 unspecified atom stereocenters. The third kappa shape index (κ3) is 6.39. The van der Waals surface area contributed by atoms with E-state index >= 15 is 0 Å². The number of benzene rings is 3. The second-order valence-corrected chi connectivity index (χ2v) is 8.69. The third-order valence-corrected chi connectivity index (χ3v) is 6.25. The monoisotopic (exact) mass is 473 g/mol. The van der Waals surface area contributed by atoms with Crippen LogP contribution in [-0.4, -0.2) is 43.0 Å². The summed E-state index contributed by atoms with van der Waals surface area (Å²) in [5.41, 5.74) is 8.35. The van der Waals surface area contributed by atoms with E-state index in [9.17, 15) is 9.59 Å². The summed E-state index contributed by atoms with van der Waals surface area (Å²) in [4.78, 5) is 26.9. The van der Waals surface area contributed by atoms with E-state index in [2.05, 4.69) is 16.3 Å². The number of hydrogen-bond donors (Lipinski definition) is 2. The van der Waals surface area contributed by atoms with Gasteiger partial charge >= 0.3 is 0 Å². The molecule has 0 radical (unpaired) electrons. The van der Waals surface area contributed by atoms with E-state index in [1.165, 1.54) is 5.56 Å². The number of amides is 2. The van der Waals surface area contributed by atoms with E-state index in [1.807, 2.05) is 36.4 Å². The van der Waals surface area contributed by atoms with Crippen LogP contribution in [0.5, 0.6) is 11.5 Å². The van der Waals surface area contributed by atoms with Gasteiger partial charge in [-0.3, -0.25) is 14.5 Å². The zero-order valence-electron chi connectivity index (χ0n) is 19.9. The highest BCUT2D eigenvalue weighted by Crippen LogP contribution is 2.22. The molecule has 0 atom stereocenters. The van der Waals surface area contributed by atoms with E-state index in [0.29, 0.717) is 16.9 Å². The smallest absolute Gasteiger partial charge is 0.252 e. The van der Waals surface area contributed by atoms with Gasteiger partial charge < -0.3 is 20.5 Å². The van der Waals surface area contributed by atoms with Crippen LogP contribution in [0.4, 0.5) is 0 Å². The van der Waals surface area contributed by atoms with Crippen LogP contribution in [0.3, 0.4) is 0 Å². The molecule has 0 aliphatic carbocycles. The summed E-state index contributed by atoms with van der Waals surface area (Å²) in [5, 5.41) is 3.17. The SMILES string of the molecule is COc1ccccc1CN1CCC(NC(=O)c2cccc(COc3ccccc3C(N)=O)c2)CC1. The fraction of sp³-hybridized carbons (Fsp3) is 0.286. The van der Waals surface area contributed by atoms with Crippen molar-refractivity contribution < 1.29 is 19.1 Å². The summed E-state index contributed by atoms with van der Waals surface area (Å²) < 4.78 is 11.3. The van der Waals surface area contributed by atoms with Gasteiger partial charge in [0.1, 0.15) is 18.1 Å². The van der Waals surface area contributed by atoms with Gasteiger partial charge in [-0.15, -0.1) is 0 Å². The molecule has 0 aromatic heterocycles. The molecule has 0 saturated carbocycles. The topological polar surface area (TPSA) is 93.9 Å². The first-order chi connectivity index (χ1) is 17.0. The van der Waals surface area contributed by atoms with Gasteiger partial charge in [-0.05, 0) is 48.7 Å². The Hall–Kier alpha value is -3.84. The van der Waals surface area contributed by atoms with E-state index in [1.54, 1.807) is 37.4 Å². The lowest BCUT2D eigenvalue weighted by atomic mass is 10.0. The molecule has 1 aliphatic heterocycles. The molecule has 0 spiro atoms. The van der Waals surface area contributed by atoms with Crippen LogP contribution in [0.15, 0.2) is 72.8 Å². The fourth-order valence-electron chi connectivity index (χ4n) is 4.34. The van der Waals surface area contributed by atoms with Crippen molar-refractivity contribution in [1.29, 1.82) is 0 Å². The zero-order valence-corrected chi connectivity index (χ0v) is 19.9. The number of rotatable bonds is 9. The van der Waals surface area contributed by atoms with Gasteiger partial charge in [-0.1, -0.05) is 42.5 Å². The molecule has 2 amide bonds. The summed E-state index contributed by atoms with van der Waals surface area (Å²) in [6.45, 7) is 2.89. The minimum atomic E-state index is -0.539. The lowest BCUT2D eigenvalue weighted by molar-refractivity contribution is 0.0908. The maximum atomic E-state index is 12.9. The quantitative estimate of drug-likeness (QED) is 0.494. The van der Waals surface area contributed by atoms with Crippen molar-refractivity contribution in [2.45, 2.75) is 32.0 Å². The molecule has 1 fully saturated rings. The molecule has 3 aromatic carbocycles. The Bertz CT molecular complexity index is 1170. The number of likely N-dealkylation sites (tertiary alicyclic amines) is 1. The predicted octanol–water partition coefficient (Wildman–Crippen LogP) is 3.77. The number of piperidine rings is 1. The summed E-state index contributed by atoms with van der Waals surface area (Å²) in [6.07, 6.45) is 1.79. The molecule has 1 aliphatic rings. The highest BCUT2D eigenvalue weighted by Gasteiger charge is 2.22. The second kappa shape index (κ2) is 11.5. The Morgan fingerprint density at radius 3 is 2.43 bits per heavy atom. The van der Waals surface area contributed by atoms with Gasteiger partial charge in [0.05, 0.1) is 12.7 Å². The first-order valence-corrected chi connectivity index (χ1v) is 11.8. The lowest BCUT2D eigenvalue weighted by Crippen LogP contribution is -2.44. The standard InChI is InChI=1S/C28H31N3O4/c1-34-25-11-4-2-8-22(25)18-31-15-13-23(14-16-31)30-28(33)21-9-6-7-20(17-21)19-35-26-12-5-3-10-24(26)27(29)32/h2-12,17,23H,13-16,18-19H2,1H3,(H2,29,32)(H,30,33). The van der Waals surface area contributed by atoms with Crippen LogP contribution < -0.4 is 20.5 Å². The molecule has 1 saturated heterocycles. The number of ether oxygens (including phenoxy) is 2. The molecule has 182 valence electrons. The third-order valence-electron chi connectivity index (χ3n) is 6.25. The number of nitrogens with two attached hydrogens (primary N) is 1. The first kappa shape index (κ1) is 24.3. The molecule has 1 heterocycles. The highest BCUT2D eigenvalue weighted by atomic mass is 16.5. The average Bonchev–Trinajstić information content (AvgIpc) is 2.89. The lowest BCUT2D eigenvalue weighted by Gasteiger charge is -2.32. The molecule has 3 N–H and O–H groups in total. The van der Waals surface area contributed by atoms with Crippen LogP contribution in [-0.2, 0) is 13.2 Å². The minimum Gasteiger partial charge on any atom is -0.496 e. The number of carbonyl (C=O) groups excluding carboxylic acids is 2. The van der Waals surface area contributed by atoms with Crippen molar-refractivity contribution in [2.75, 3.05) is 20.2 Å². The average molecular weight is 474 g/mol. The van der Waals surface area contributed by atoms with E-state index in [-0.39, 0.29) is 18.6 Å². The number of carbonyl (C=O) groups is 2. The highest BCUT2D eigenvalue weighted by molar-refractivity contribution is 5.95. The molecule has 4 rings (SSSR count). The number of methoxy groups -OCH3 is 1. The van der Waals surface area contributed by atoms with Crippen LogP contribution in [0, 0.1) is 0 Å². The molecule has 3 aromatic rings. The predicted molar refractivity (Wildman–Crippen MR) is 134 cm³/mol. The summed E-state index contributed by atoms with van der Waals surface area (Å²) in [7, 11) is 1.70. The summed E-state index contributed by atoms with van der Waals surface area (Å²) >= 11 is 0. The van der Waals surface area contributed by atoms with E-state index < -0.39 is 5.91 Å². The molecular weight excluding hydrogens is 442 g/mol. The van der Waals surface area contributed by atoms with Crippen molar-refractivity contribution in [1.82, 2.24) is 10.2 Å². The second-order valence-electron chi connectivity index (χ2n) is 8.69. The maximum absolute atomic E-state index is 12.9. The number of hydrogen-bond acceptors (Lipinski definition) is 5. The van der Waals surface area contributed by atoms with E-state index in [4.69, 9.17) is 15.2 Å². The Balaban J connectivity index is 1.29. The molecule has 7 heteroatoms. The Morgan fingerprint density at radius 2 is 1.69 bits per heavy atom. The number of para-hydroxylation sites is 2. The Kier molecular flexibility index (Phi) is 8.00. The van der Waals surface area contributed by atoms with Gasteiger partial charge in [0.15, 0.2) is 0 Å². The molecular formula is C28H31N3O4. The number of nitrogens with zero attached hydrogens (tertiary/aromatic N) is 1. The summed E-state index contributed by atoms with van der Waals surface area (Å²) in [5.74, 6) is 0.704. The van der Waals surface area contributed by atoms with Crippen molar-refractivity contribution in [3.05, 3.63) is 95.1 Å². The van der Waals surface area contributed by atoms with Crippen molar-refractivity contribution in [3.63, 3.8) is 0 Å². The first-order valence-electron chi connectivity index (χ1n) is 11.8. The maximum Gasteiger partial charge on any atom is 0.252 e. The van der Waals surface area contributed by atoms with Gasteiger partial charge in [-0.2, -0.15) is 0 Å². The summed E-state index contributed by atoms with van der Waals surface area (Å²) in [6, 6.07) is 22.4. The van der Waals surface area contributed by atoms with Crippen LogP contribution in [0.2, 0.25) is 0 Å². The van der Waals surface area contributed by atoms with Crippen molar-refractivity contribution >= 4 is 11.8 Å². The Labute approximate surface area is 205 Å². The largest absolute Gasteiger partial charge is 0.496 e. The Morgan fingerprint density at radius 1 is 0.971 bits per heavy atom.